The molecule has 0 aromatic heterocycles. The third kappa shape index (κ3) is 3.91. The number of benzene rings is 3. The molecule has 0 unspecified atom stereocenters. The molecule has 26 heavy (non-hydrogen) atoms. The molecule has 6 heteroatoms. The van der Waals surface area contributed by atoms with Gasteiger partial charge in [-0.3, -0.25) is 4.72 Å². The molecule has 0 bridgehead atoms. The van der Waals surface area contributed by atoms with Crippen LogP contribution in [0.15, 0.2) is 65.6 Å². The quantitative estimate of drug-likeness (QED) is 0.696. The highest BCUT2D eigenvalue weighted by molar-refractivity contribution is 7.92. The third-order valence-corrected chi connectivity index (χ3v) is 5.19. The van der Waals surface area contributed by atoms with Crippen molar-refractivity contribution in [1.82, 2.24) is 0 Å². The van der Waals surface area contributed by atoms with Gasteiger partial charge in [0.05, 0.1) is 23.8 Å². The molecular formula is C20H21NO4S. The molecule has 5 nitrogen and oxygen atoms in total. The largest absolute Gasteiger partial charge is 0.497 e. The van der Waals surface area contributed by atoms with Gasteiger partial charge in [0.15, 0.2) is 0 Å². The molecule has 0 aliphatic heterocycles. The second kappa shape index (κ2) is 7.25. The molecule has 0 atom stereocenters. The normalized spacial score (nSPS) is 11.5. The van der Waals surface area contributed by atoms with Gasteiger partial charge in [-0.25, -0.2) is 8.42 Å². The second-order valence-corrected chi connectivity index (χ2v) is 7.83. The number of ether oxygens (including phenoxy) is 2. The Kier molecular flexibility index (Phi) is 5.04. The van der Waals surface area contributed by atoms with Gasteiger partial charge in [0.2, 0.25) is 0 Å². The molecule has 0 spiro atoms. The van der Waals surface area contributed by atoms with E-state index >= 15 is 0 Å². The van der Waals surface area contributed by atoms with Crippen LogP contribution in [0.5, 0.6) is 11.5 Å². The van der Waals surface area contributed by atoms with Gasteiger partial charge in [-0.1, -0.05) is 24.3 Å². The highest BCUT2D eigenvalue weighted by Crippen LogP contribution is 2.29. The van der Waals surface area contributed by atoms with Crippen LogP contribution < -0.4 is 14.2 Å². The zero-order chi connectivity index (χ0) is 18.7. The minimum absolute atomic E-state index is 0.0590. The lowest BCUT2D eigenvalue weighted by atomic mass is 10.1. The summed E-state index contributed by atoms with van der Waals surface area (Å²) >= 11 is 0. The Bertz CT molecular complexity index is 1030. The minimum Gasteiger partial charge on any atom is -0.497 e. The lowest BCUT2D eigenvalue weighted by Crippen LogP contribution is -2.15. The molecule has 0 saturated heterocycles. The van der Waals surface area contributed by atoms with Crippen LogP contribution in [0.2, 0.25) is 0 Å². The lowest BCUT2D eigenvalue weighted by Gasteiger charge is -2.16. The van der Waals surface area contributed by atoms with Crippen LogP contribution in [0.1, 0.15) is 13.8 Å². The monoisotopic (exact) mass is 371 g/mol. The summed E-state index contributed by atoms with van der Waals surface area (Å²) in [4.78, 5) is 0.189. The van der Waals surface area contributed by atoms with Crippen LogP contribution in [0.25, 0.3) is 10.8 Å². The van der Waals surface area contributed by atoms with E-state index in [2.05, 4.69) is 4.72 Å². The van der Waals surface area contributed by atoms with Crippen molar-refractivity contribution in [2.75, 3.05) is 11.8 Å². The van der Waals surface area contributed by atoms with E-state index in [1.54, 1.807) is 55.6 Å². The average Bonchev–Trinajstić information content (AvgIpc) is 2.61. The molecular weight excluding hydrogens is 350 g/mol. The van der Waals surface area contributed by atoms with Crippen molar-refractivity contribution in [2.45, 2.75) is 24.8 Å². The molecule has 1 N–H and O–H groups in total. The van der Waals surface area contributed by atoms with E-state index in [1.165, 1.54) is 0 Å². The first-order valence-electron chi connectivity index (χ1n) is 8.25. The molecule has 3 aromatic carbocycles. The highest BCUT2D eigenvalue weighted by atomic mass is 32.2. The highest BCUT2D eigenvalue weighted by Gasteiger charge is 2.17. The second-order valence-electron chi connectivity index (χ2n) is 6.14. The van der Waals surface area contributed by atoms with Crippen LogP contribution in [-0.4, -0.2) is 21.6 Å². The molecule has 136 valence electrons. The summed E-state index contributed by atoms with van der Waals surface area (Å²) < 4.78 is 39.1. The van der Waals surface area contributed by atoms with Crippen molar-refractivity contribution in [1.29, 1.82) is 0 Å². The first-order valence-corrected chi connectivity index (χ1v) is 9.74. The Hall–Kier alpha value is -2.73. The van der Waals surface area contributed by atoms with E-state index in [0.29, 0.717) is 11.4 Å². The van der Waals surface area contributed by atoms with Crippen LogP contribution in [0.3, 0.4) is 0 Å². The van der Waals surface area contributed by atoms with E-state index in [0.717, 1.165) is 16.5 Å². The van der Waals surface area contributed by atoms with Crippen molar-refractivity contribution in [3.8, 4) is 11.5 Å². The summed E-state index contributed by atoms with van der Waals surface area (Å²) in [7, 11) is -2.14. The van der Waals surface area contributed by atoms with E-state index in [-0.39, 0.29) is 11.0 Å². The Morgan fingerprint density at radius 2 is 1.62 bits per heavy atom. The SMILES string of the molecule is COc1ccc2cc(S(=O)(=O)Nc3ccccc3OC(C)C)ccc2c1. The summed E-state index contributed by atoms with van der Waals surface area (Å²) in [5, 5.41) is 1.73. The predicted molar refractivity (Wildman–Crippen MR) is 104 cm³/mol. The van der Waals surface area contributed by atoms with Crippen LogP contribution in [-0.2, 0) is 10.0 Å². The predicted octanol–water partition coefficient (Wildman–Crippen LogP) is 4.44. The molecule has 3 aromatic rings. The van der Waals surface area contributed by atoms with E-state index in [1.807, 2.05) is 26.0 Å². The van der Waals surface area contributed by atoms with Gasteiger partial charge in [-0.15, -0.1) is 0 Å². The van der Waals surface area contributed by atoms with Gasteiger partial charge in [-0.2, -0.15) is 0 Å². The Balaban J connectivity index is 1.95. The van der Waals surface area contributed by atoms with Crippen molar-refractivity contribution in [2.24, 2.45) is 0 Å². The molecule has 0 radical (unpaired) electrons. The number of anilines is 1. The molecule has 0 amide bonds. The van der Waals surface area contributed by atoms with Crippen LogP contribution >= 0.6 is 0 Å². The minimum atomic E-state index is -3.74. The van der Waals surface area contributed by atoms with Gasteiger partial charge >= 0.3 is 0 Å². The van der Waals surface area contributed by atoms with Crippen LogP contribution in [0.4, 0.5) is 5.69 Å². The third-order valence-electron chi connectivity index (χ3n) is 3.82. The molecule has 0 fully saturated rings. The maximum atomic E-state index is 12.8. The summed E-state index contributed by atoms with van der Waals surface area (Å²) in [6, 6.07) is 17.5. The summed E-state index contributed by atoms with van der Waals surface area (Å²) in [5.41, 5.74) is 0.413. The number of para-hydroxylation sites is 2. The fourth-order valence-electron chi connectivity index (χ4n) is 2.61. The Labute approximate surface area is 153 Å². The fourth-order valence-corrected chi connectivity index (χ4v) is 3.71. The van der Waals surface area contributed by atoms with Crippen molar-refractivity contribution in [3.63, 3.8) is 0 Å². The topological polar surface area (TPSA) is 64.6 Å². The molecule has 3 rings (SSSR count). The van der Waals surface area contributed by atoms with Crippen molar-refractivity contribution < 1.29 is 17.9 Å². The Morgan fingerprint density at radius 3 is 2.35 bits per heavy atom. The summed E-state index contributed by atoms with van der Waals surface area (Å²) in [6.07, 6.45) is -0.0590. The van der Waals surface area contributed by atoms with Gasteiger partial charge in [-0.05, 0) is 61.0 Å². The smallest absolute Gasteiger partial charge is 0.262 e. The molecule has 0 heterocycles. The lowest BCUT2D eigenvalue weighted by molar-refractivity contribution is 0.244. The molecule has 0 aliphatic carbocycles. The molecule has 0 aliphatic rings. The Morgan fingerprint density at radius 1 is 0.923 bits per heavy atom. The average molecular weight is 371 g/mol. The summed E-state index contributed by atoms with van der Waals surface area (Å²) in [6.45, 7) is 3.78. The number of rotatable bonds is 6. The number of sulfonamides is 1. The van der Waals surface area contributed by atoms with Gasteiger partial charge in [0.25, 0.3) is 10.0 Å². The standard InChI is InChI=1S/C20H21NO4S/c1-14(2)25-20-7-5-4-6-19(20)21-26(22,23)18-11-9-15-12-17(24-3)10-8-16(15)13-18/h4-14,21H,1-3H3. The van der Waals surface area contributed by atoms with E-state index in [9.17, 15) is 8.42 Å². The van der Waals surface area contributed by atoms with Crippen molar-refractivity contribution >= 4 is 26.5 Å². The van der Waals surface area contributed by atoms with Crippen molar-refractivity contribution in [3.05, 3.63) is 60.7 Å². The zero-order valence-corrected chi connectivity index (χ0v) is 15.7. The van der Waals surface area contributed by atoms with Gasteiger partial charge in [0.1, 0.15) is 11.5 Å². The number of hydrogen-bond acceptors (Lipinski definition) is 4. The summed E-state index contributed by atoms with van der Waals surface area (Å²) in [5.74, 6) is 1.22. The first kappa shape index (κ1) is 18.1. The maximum absolute atomic E-state index is 12.8. The number of methoxy groups -OCH3 is 1. The number of nitrogens with one attached hydrogen (secondary N) is 1. The number of fused-ring (bicyclic) bond motifs is 1. The van der Waals surface area contributed by atoms with Crippen LogP contribution in [0, 0.1) is 0 Å². The number of hydrogen-bond donors (Lipinski definition) is 1. The zero-order valence-electron chi connectivity index (χ0n) is 14.9. The first-order chi connectivity index (χ1) is 12.4. The van der Waals surface area contributed by atoms with E-state index < -0.39 is 10.0 Å². The fraction of sp³-hybridized carbons (Fsp3) is 0.200. The van der Waals surface area contributed by atoms with Gasteiger partial charge in [0, 0.05) is 0 Å². The van der Waals surface area contributed by atoms with E-state index in [4.69, 9.17) is 9.47 Å². The van der Waals surface area contributed by atoms with Gasteiger partial charge < -0.3 is 9.47 Å². The molecule has 0 saturated carbocycles. The maximum Gasteiger partial charge on any atom is 0.262 e.